The van der Waals surface area contributed by atoms with Crippen molar-refractivity contribution in [2.45, 2.75) is 58.6 Å². The molecule has 2 aromatic carbocycles. The van der Waals surface area contributed by atoms with E-state index in [2.05, 4.69) is 0 Å². The molecule has 8 heteroatoms. The third-order valence-corrected chi connectivity index (χ3v) is 9.00. The fourth-order valence-electron chi connectivity index (χ4n) is 5.86. The number of aryl methyl sites for hydroxylation is 3. The van der Waals surface area contributed by atoms with Crippen molar-refractivity contribution in [1.82, 2.24) is 0 Å². The Morgan fingerprint density at radius 2 is 1.76 bits per heavy atom. The number of esters is 1. The van der Waals surface area contributed by atoms with E-state index < -0.39 is 29.9 Å². The SMILES string of the molecule is CCOC(=O)c1c(N2C(=O)[C@@H]3[C@@H](ON(c4ccccc4C)[C@H]3c3ccc(C)cc3)C2=O)sc2c1CCCC2. The molecule has 7 nitrogen and oxygen atoms in total. The molecule has 0 bridgehead atoms. The molecule has 3 heterocycles. The molecule has 38 heavy (non-hydrogen) atoms. The van der Waals surface area contributed by atoms with E-state index in [9.17, 15) is 14.4 Å². The molecule has 0 saturated carbocycles. The zero-order valence-electron chi connectivity index (χ0n) is 21.7. The number of amides is 2. The summed E-state index contributed by atoms with van der Waals surface area (Å²) in [6, 6.07) is 15.3. The number of nitrogens with zero attached hydrogens (tertiary/aromatic N) is 2. The van der Waals surface area contributed by atoms with Crippen LogP contribution in [0.25, 0.3) is 0 Å². The topological polar surface area (TPSA) is 76.2 Å². The Labute approximate surface area is 225 Å². The van der Waals surface area contributed by atoms with Crippen molar-refractivity contribution >= 4 is 39.8 Å². The summed E-state index contributed by atoms with van der Waals surface area (Å²) in [4.78, 5) is 49.9. The number of hydrogen-bond acceptors (Lipinski definition) is 7. The van der Waals surface area contributed by atoms with Gasteiger partial charge in [-0.1, -0.05) is 48.0 Å². The molecule has 3 atom stereocenters. The number of thiophene rings is 1. The van der Waals surface area contributed by atoms with E-state index in [0.717, 1.165) is 58.5 Å². The van der Waals surface area contributed by atoms with Crippen LogP contribution >= 0.6 is 11.3 Å². The second kappa shape index (κ2) is 9.67. The zero-order valence-corrected chi connectivity index (χ0v) is 22.5. The van der Waals surface area contributed by atoms with E-state index in [0.29, 0.717) is 10.6 Å². The number of imide groups is 1. The normalized spacial score (nSPS) is 22.6. The first-order chi connectivity index (χ1) is 18.4. The highest BCUT2D eigenvalue weighted by molar-refractivity contribution is 7.17. The first kappa shape index (κ1) is 24.8. The number of fused-ring (bicyclic) bond motifs is 2. The molecule has 2 amide bonds. The fourth-order valence-corrected chi connectivity index (χ4v) is 7.25. The van der Waals surface area contributed by atoms with E-state index in [-0.39, 0.29) is 12.5 Å². The molecule has 0 spiro atoms. The molecule has 0 radical (unpaired) electrons. The van der Waals surface area contributed by atoms with Crippen molar-refractivity contribution in [1.29, 1.82) is 0 Å². The second-order valence-corrected chi connectivity index (χ2v) is 11.2. The predicted octanol–water partition coefficient (Wildman–Crippen LogP) is 5.47. The van der Waals surface area contributed by atoms with E-state index in [1.807, 2.05) is 62.4 Å². The van der Waals surface area contributed by atoms with Crippen LogP contribution in [-0.2, 0) is 32.0 Å². The molecule has 0 N–H and O–H groups in total. The van der Waals surface area contributed by atoms with Crippen molar-refractivity contribution in [3.8, 4) is 0 Å². The summed E-state index contributed by atoms with van der Waals surface area (Å²) in [7, 11) is 0. The number of para-hydroxylation sites is 1. The lowest BCUT2D eigenvalue weighted by Gasteiger charge is -2.29. The fraction of sp³-hybridized carbons (Fsp3) is 0.367. The van der Waals surface area contributed by atoms with Crippen LogP contribution in [-0.4, -0.2) is 30.5 Å². The minimum absolute atomic E-state index is 0.222. The summed E-state index contributed by atoms with van der Waals surface area (Å²) < 4.78 is 5.39. The number of anilines is 2. The van der Waals surface area contributed by atoms with Gasteiger partial charge in [0, 0.05) is 4.88 Å². The molecular weight excluding hydrogens is 500 g/mol. The van der Waals surface area contributed by atoms with Gasteiger partial charge in [0.2, 0.25) is 5.91 Å². The average Bonchev–Trinajstić information content (AvgIpc) is 3.55. The van der Waals surface area contributed by atoms with Crippen molar-refractivity contribution in [3.05, 3.63) is 81.2 Å². The number of carbonyl (C=O) groups excluding carboxylic acids is 3. The van der Waals surface area contributed by atoms with Crippen molar-refractivity contribution in [3.63, 3.8) is 0 Å². The van der Waals surface area contributed by atoms with Crippen LogP contribution in [0.3, 0.4) is 0 Å². The van der Waals surface area contributed by atoms with E-state index in [4.69, 9.17) is 9.57 Å². The molecule has 3 aromatic rings. The lowest BCUT2D eigenvalue weighted by Crippen LogP contribution is -2.38. The number of ether oxygens (including phenoxy) is 1. The largest absolute Gasteiger partial charge is 0.462 e. The van der Waals surface area contributed by atoms with Crippen LogP contribution in [0, 0.1) is 19.8 Å². The quantitative estimate of drug-likeness (QED) is 0.322. The first-order valence-electron chi connectivity index (χ1n) is 13.2. The summed E-state index contributed by atoms with van der Waals surface area (Å²) in [5, 5.41) is 2.11. The van der Waals surface area contributed by atoms with Gasteiger partial charge in [0.25, 0.3) is 5.91 Å². The summed E-state index contributed by atoms with van der Waals surface area (Å²) in [6.45, 7) is 5.97. The van der Waals surface area contributed by atoms with Crippen LogP contribution in [0.4, 0.5) is 10.7 Å². The van der Waals surface area contributed by atoms with Crippen LogP contribution in [0.1, 0.15) is 63.3 Å². The van der Waals surface area contributed by atoms with Crippen LogP contribution in [0.2, 0.25) is 0 Å². The van der Waals surface area contributed by atoms with Crippen molar-refractivity contribution in [2.75, 3.05) is 16.6 Å². The molecule has 3 aliphatic rings. The molecule has 2 saturated heterocycles. The summed E-state index contributed by atoms with van der Waals surface area (Å²) >= 11 is 1.37. The van der Waals surface area contributed by atoms with Crippen LogP contribution in [0.5, 0.6) is 0 Å². The highest BCUT2D eigenvalue weighted by atomic mass is 32.1. The third-order valence-electron chi connectivity index (χ3n) is 7.72. The van der Waals surface area contributed by atoms with Gasteiger partial charge < -0.3 is 4.74 Å². The Bertz CT molecular complexity index is 1430. The van der Waals surface area contributed by atoms with Crippen molar-refractivity contribution in [2.24, 2.45) is 5.92 Å². The Morgan fingerprint density at radius 1 is 1.03 bits per heavy atom. The maximum atomic E-state index is 14.2. The lowest BCUT2D eigenvalue weighted by molar-refractivity contribution is -0.126. The van der Waals surface area contributed by atoms with Gasteiger partial charge in [0.05, 0.1) is 23.9 Å². The van der Waals surface area contributed by atoms with Crippen LogP contribution in [0.15, 0.2) is 48.5 Å². The number of benzene rings is 2. The van der Waals surface area contributed by atoms with Gasteiger partial charge >= 0.3 is 5.97 Å². The summed E-state index contributed by atoms with van der Waals surface area (Å²) in [5.74, 6) is -2.00. The highest BCUT2D eigenvalue weighted by Gasteiger charge is 2.61. The Hall–Kier alpha value is -3.49. The molecule has 2 aliphatic heterocycles. The second-order valence-electron chi connectivity index (χ2n) is 10.1. The predicted molar refractivity (Wildman–Crippen MR) is 145 cm³/mol. The Morgan fingerprint density at radius 3 is 2.50 bits per heavy atom. The molecule has 2 fully saturated rings. The van der Waals surface area contributed by atoms with Crippen LogP contribution < -0.4 is 9.96 Å². The van der Waals surface area contributed by atoms with Gasteiger partial charge in [-0.15, -0.1) is 11.3 Å². The average molecular weight is 531 g/mol. The minimum atomic E-state index is -0.984. The number of carbonyl (C=O) groups is 3. The summed E-state index contributed by atoms with van der Waals surface area (Å²) in [5.41, 5.74) is 5.09. The van der Waals surface area contributed by atoms with Gasteiger partial charge in [-0.25, -0.2) is 14.8 Å². The van der Waals surface area contributed by atoms with Gasteiger partial charge in [0.15, 0.2) is 6.10 Å². The molecule has 1 aromatic heterocycles. The number of rotatable bonds is 5. The Balaban J connectivity index is 1.45. The molecule has 196 valence electrons. The first-order valence-corrected chi connectivity index (χ1v) is 14.0. The molecular formula is C30H30N2O5S. The molecule has 0 unspecified atom stereocenters. The van der Waals surface area contributed by atoms with Crippen molar-refractivity contribution < 1.29 is 24.0 Å². The standard InChI is InChI=1S/C30H30N2O5S/c1-4-36-30(35)23-20-10-6-8-12-22(20)38-29(23)31-27(33)24-25(19-15-13-17(2)14-16-19)32(37-26(24)28(31)34)21-11-7-5-9-18(21)3/h5,7,9,11,13-16,24-26H,4,6,8,10,12H2,1-3H3/t24-,25-,26+/m0/s1. The maximum Gasteiger partial charge on any atom is 0.341 e. The van der Waals surface area contributed by atoms with Gasteiger partial charge in [-0.3, -0.25) is 14.4 Å². The number of hydroxylamine groups is 1. The van der Waals surface area contributed by atoms with Gasteiger partial charge in [0.1, 0.15) is 10.9 Å². The summed E-state index contributed by atoms with van der Waals surface area (Å²) in [6.07, 6.45) is 2.58. The number of hydrogen-bond donors (Lipinski definition) is 0. The minimum Gasteiger partial charge on any atom is -0.462 e. The Kier molecular flexibility index (Phi) is 6.32. The maximum absolute atomic E-state index is 14.2. The van der Waals surface area contributed by atoms with E-state index in [1.54, 1.807) is 12.0 Å². The zero-order chi connectivity index (χ0) is 26.6. The smallest absolute Gasteiger partial charge is 0.341 e. The third kappa shape index (κ3) is 3.85. The monoisotopic (exact) mass is 530 g/mol. The molecule has 6 rings (SSSR count). The highest BCUT2D eigenvalue weighted by Crippen LogP contribution is 2.50. The lowest BCUT2D eigenvalue weighted by atomic mass is 9.90. The molecule has 1 aliphatic carbocycles. The van der Waals surface area contributed by atoms with Gasteiger partial charge in [-0.2, -0.15) is 0 Å². The van der Waals surface area contributed by atoms with Gasteiger partial charge in [-0.05, 0) is 69.2 Å². The van der Waals surface area contributed by atoms with E-state index in [1.165, 1.54) is 16.2 Å². The van der Waals surface area contributed by atoms with E-state index >= 15 is 0 Å².